The molecule has 0 spiro atoms. The number of aryl methyl sites for hydroxylation is 6. The second kappa shape index (κ2) is 42.1. The molecule has 9 aliphatic rings. The maximum absolute atomic E-state index is 14.6. The summed E-state index contributed by atoms with van der Waals surface area (Å²) in [6.45, 7) is 15.2. The van der Waals surface area contributed by atoms with E-state index >= 15 is 0 Å². The summed E-state index contributed by atoms with van der Waals surface area (Å²) in [4.78, 5) is 51.1. The highest BCUT2D eigenvalue weighted by atomic mass is 35.5. The Hall–Kier alpha value is -13.1. The summed E-state index contributed by atoms with van der Waals surface area (Å²) in [7, 11) is 0. The molecule has 14 heterocycles. The molecule has 11 aromatic heterocycles. The molecule has 5 fully saturated rings. The van der Waals surface area contributed by atoms with E-state index in [2.05, 4.69) is 60.8 Å². The second-order valence-corrected chi connectivity index (χ2v) is 40.4. The van der Waals surface area contributed by atoms with Gasteiger partial charge in [0.1, 0.15) is 191 Å². The van der Waals surface area contributed by atoms with Gasteiger partial charge in [-0.1, -0.05) is 41.4 Å². The number of benzene rings is 5. The van der Waals surface area contributed by atoms with E-state index in [-0.39, 0.29) is 29.2 Å². The van der Waals surface area contributed by atoms with Crippen molar-refractivity contribution >= 4 is 95.0 Å². The van der Waals surface area contributed by atoms with Crippen molar-refractivity contribution in [3.05, 3.63) is 278 Å². The van der Waals surface area contributed by atoms with Gasteiger partial charge in [-0.25, -0.2) is 53.0 Å². The van der Waals surface area contributed by atoms with Gasteiger partial charge in [0.2, 0.25) is 0 Å². The van der Waals surface area contributed by atoms with Crippen molar-refractivity contribution in [1.82, 2.24) is 83.6 Å². The lowest BCUT2D eigenvalue weighted by Crippen LogP contribution is -2.34. The van der Waals surface area contributed by atoms with Crippen molar-refractivity contribution in [3.63, 3.8) is 0 Å². The maximum atomic E-state index is 14.6. The Labute approximate surface area is 857 Å². The zero-order chi connectivity index (χ0) is 103. The average molecular weight is 2060 g/mol. The zero-order valence-corrected chi connectivity index (χ0v) is 83.3. The molecular weight excluding hydrogens is 1950 g/mol. The molecule has 13 N–H and O–H groups in total. The third-order valence-corrected chi connectivity index (χ3v) is 30.8. The number of nitrogens with zero attached hydrogens (tertiary/aromatic N) is 14. The number of carbonyl (C=O) groups excluding carboxylic acids is 1. The predicted molar refractivity (Wildman–Crippen MR) is 544 cm³/mol. The summed E-state index contributed by atoms with van der Waals surface area (Å²) < 4.78 is 88.4. The summed E-state index contributed by atoms with van der Waals surface area (Å²) in [5.41, 5.74) is 13.8. The molecule has 5 saturated carbocycles. The Morgan fingerprint density at radius 1 is 0.399 bits per heavy atom. The Morgan fingerprint density at radius 3 is 1.43 bits per heavy atom. The molecule has 1 amide bonds. The molecule has 3 aliphatic heterocycles. The number of pyridine rings is 3. The number of nitrogens with one attached hydrogen (secondary N) is 3. The van der Waals surface area contributed by atoms with Crippen LogP contribution in [0.25, 0.3) is 65.9 Å². The molecule has 39 heteroatoms. The molecule has 20 unspecified atom stereocenters. The van der Waals surface area contributed by atoms with Crippen molar-refractivity contribution in [2.75, 3.05) is 26.2 Å². The van der Waals surface area contributed by atoms with E-state index in [1.165, 1.54) is 37.3 Å². The molecule has 0 saturated heterocycles. The number of halogens is 5. The molecule has 16 aromatic rings. The Bertz CT molecular complexity index is 7590. The van der Waals surface area contributed by atoms with E-state index in [1.807, 2.05) is 128 Å². The van der Waals surface area contributed by atoms with Crippen LogP contribution in [0.1, 0.15) is 153 Å². The predicted octanol–water partition coefficient (Wildman–Crippen LogP) is 12.4. The lowest BCUT2D eigenvalue weighted by molar-refractivity contribution is -0.0167. The number of fused-ring (bicyclic) bond motifs is 10. The van der Waals surface area contributed by atoms with Crippen molar-refractivity contribution in [1.29, 1.82) is 0 Å². The Balaban J connectivity index is 0.000000108. The van der Waals surface area contributed by atoms with E-state index in [1.54, 1.807) is 77.1 Å². The fourth-order valence-corrected chi connectivity index (χ4v) is 23.0. The molecule has 0 bridgehead atoms. The summed E-state index contributed by atoms with van der Waals surface area (Å²) >= 11 is 12.5. The van der Waals surface area contributed by atoms with Crippen LogP contribution in [0.3, 0.4) is 0 Å². The molecule has 0 radical (unpaired) electrons. The number of aliphatic hydroxyl groups excluding tert-OH is 10. The number of hydrogen-bond acceptors (Lipinski definition) is 28. The average Bonchev–Trinajstić information content (AvgIpc) is 1.62. The van der Waals surface area contributed by atoms with Crippen LogP contribution < -0.4 is 44.4 Å². The van der Waals surface area contributed by atoms with Crippen LogP contribution in [0, 0.1) is 59.0 Å². The highest BCUT2D eigenvalue weighted by Crippen LogP contribution is 2.47. The van der Waals surface area contributed by atoms with Gasteiger partial charge in [0.15, 0.2) is 11.6 Å². The first-order chi connectivity index (χ1) is 71.5. The first kappa shape index (κ1) is 101. The molecule has 20 atom stereocenters. The third-order valence-electron chi connectivity index (χ3n) is 30.4. The molecule has 772 valence electrons. The lowest BCUT2D eigenvalue weighted by atomic mass is 9.90. The molecule has 6 aliphatic carbocycles. The van der Waals surface area contributed by atoms with Crippen LogP contribution in [0.5, 0.6) is 34.5 Å². The van der Waals surface area contributed by atoms with E-state index in [9.17, 15) is 69.0 Å². The number of aliphatic hydroxyl groups is 10. The van der Waals surface area contributed by atoms with Gasteiger partial charge in [-0.05, 0) is 217 Å². The Morgan fingerprint density at radius 2 is 0.865 bits per heavy atom. The van der Waals surface area contributed by atoms with Crippen LogP contribution in [0.4, 0.5) is 13.2 Å². The largest absolute Gasteiger partial charge is 0.491 e. The smallest absolute Gasteiger partial charge is 0.258 e. The quantitative estimate of drug-likeness (QED) is 0.0453. The molecule has 25 rings (SSSR count). The standard InChI is InChI=1S/C22H23ClFN3O3.C22H24FN3O3.C22H22N4O3.C22H23N3O5.C21H22ClFN4O3/c1-11-2-5-26-22-19(11)15(24)10-27(22)16-8-18(21(29)20(16)28)30-17-7-13(23)6-12-3-4-25-9-14(12)17;1-12-13-8-9-26(22(13)25-11-24-12)17-10-19(21(28)20(17)27)29-18-7-6-16(23)14-4-2-3-5-15(14)18;1-12-8-14-4-3-5-18(16(14)10-23-12)29-19-9-17(20(27)21(19)28)26-7-6-15-13(2)24-11-25-22(15)26;1-12-5-7-23-21-13(12)6-9-25(21)14-11-17(20(27)19(14)26)30-16-4-2-3-15-18(16)22(28)24-8-10-29-15;1-10-25-8-14-15(23)9-27(21(14)26-10)16-6-18(20(29)19(16)28)30-17-5-12(22)4-11-2-3-24-7-13(11)17/h2,5-7,10,16,18,20-21,25,28-29H,3-4,8-9H2,1H3;6-9,11,17,19-21,27-28H,2-5,10H2,1H3;3-8,10-11,17,19-21,27-28H,9H2,1-2H3;2-7,9,14,17,19-20,26-27H,8,10-11H2,1H3,(H,24,28);4-5,8-9,16,18-20,24,28-29H,2-3,6-7H2,1H3. The first-order valence-corrected chi connectivity index (χ1v) is 50.7. The van der Waals surface area contributed by atoms with Gasteiger partial charge in [0, 0.05) is 155 Å². The first-order valence-electron chi connectivity index (χ1n) is 49.9. The molecule has 5 aromatic carbocycles. The van der Waals surface area contributed by atoms with Crippen LogP contribution in [0.2, 0.25) is 10.0 Å². The van der Waals surface area contributed by atoms with E-state index in [0.29, 0.717) is 137 Å². The van der Waals surface area contributed by atoms with E-state index in [4.69, 9.17) is 51.6 Å². The summed E-state index contributed by atoms with van der Waals surface area (Å²) in [5.74, 6) is 2.43. The minimum Gasteiger partial charge on any atom is -0.491 e. The van der Waals surface area contributed by atoms with Crippen molar-refractivity contribution < 1.29 is 97.5 Å². The van der Waals surface area contributed by atoms with Gasteiger partial charge in [-0.2, -0.15) is 0 Å². The highest BCUT2D eigenvalue weighted by Gasteiger charge is 2.51. The monoisotopic (exact) mass is 2060 g/mol. The van der Waals surface area contributed by atoms with E-state index in [0.717, 1.165) is 151 Å². The number of rotatable bonds is 15. The minimum absolute atomic E-state index is 0.189. The fourth-order valence-electron chi connectivity index (χ4n) is 22.6. The molecule has 148 heavy (non-hydrogen) atoms. The summed E-state index contributed by atoms with van der Waals surface area (Å²) in [6, 6.07) is 30.7. The number of amides is 1. The second-order valence-electron chi connectivity index (χ2n) is 39.6. The third kappa shape index (κ3) is 19.4. The number of ether oxygens (including phenoxy) is 6. The van der Waals surface area contributed by atoms with Gasteiger partial charge < -0.3 is 118 Å². The van der Waals surface area contributed by atoms with Crippen LogP contribution in [0.15, 0.2) is 178 Å². The minimum atomic E-state index is -1.13. The van der Waals surface area contributed by atoms with Crippen LogP contribution in [-0.2, 0) is 38.8 Å². The van der Waals surface area contributed by atoms with Gasteiger partial charge in [-0.15, -0.1) is 0 Å². The van der Waals surface area contributed by atoms with Gasteiger partial charge >= 0.3 is 0 Å². The van der Waals surface area contributed by atoms with Crippen molar-refractivity contribution in [2.24, 2.45) is 0 Å². The Kier molecular flexibility index (Phi) is 28.7. The van der Waals surface area contributed by atoms with Gasteiger partial charge in [-0.3, -0.25) is 9.78 Å². The zero-order valence-electron chi connectivity index (χ0n) is 81.8. The van der Waals surface area contributed by atoms with Crippen molar-refractivity contribution in [3.8, 4) is 34.5 Å². The van der Waals surface area contributed by atoms with Crippen LogP contribution >= 0.6 is 23.2 Å². The number of hydrogen-bond donors (Lipinski definition) is 13. The highest BCUT2D eigenvalue weighted by molar-refractivity contribution is 6.31. The molecular formula is C109H114Cl2F3N17O17. The van der Waals surface area contributed by atoms with Crippen LogP contribution in [-0.4, -0.2) is 242 Å². The van der Waals surface area contributed by atoms with Gasteiger partial charge in [0.25, 0.3) is 5.91 Å². The van der Waals surface area contributed by atoms with E-state index < -0.39 is 121 Å². The maximum Gasteiger partial charge on any atom is 0.258 e. The van der Waals surface area contributed by atoms with Crippen molar-refractivity contribution in [2.45, 2.75) is 247 Å². The SMILES string of the molecule is Cc1cc2cccc(OC3CC(n4ccc5c(C)ncnc54)C(O)C3O)c2cn1.Cc1ccnc2c1c(F)cn2C1CC(Oc2cc(Cl)cc3c2CNCC3)C(O)C1O.Cc1ccnc2c1ccn2C1CC(Oc2cccc3c2C(=O)NCCO3)C(O)C1O.Cc1ncc2c(F)cn(C3CC(Oc4cc(Cl)cc5c4CNCC5)C(O)C3O)c2n1.Cc1ncnc2c1ccn2C1CC(Oc2ccc(F)c3c2CCCC3)C(O)C1O. The normalized spacial score (nSPS) is 25.9. The topological polar surface area (TPSA) is 452 Å². The fraction of sp³-hybridized carbons (Fsp3) is 0.394. The molecule has 34 nitrogen and oxygen atoms in total. The lowest BCUT2D eigenvalue weighted by Gasteiger charge is -2.24. The number of aromatic nitrogens is 14. The van der Waals surface area contributed by atoms with Gasteiger partial charge in [0.05, 0.1) is 58.9 Å². The number of carbonyl (C=O) groups is 1. The summed E-state index contributed by atoms with van der Waals surface area (Å²) in [6.07, 6.45) is 11.2. The summed E-state index contributed by atoms with van der Waals surface area (Å²) in [5, 5.41) is 123.